The van der Waals surface area contributed by atoms with Gasteiger partial charge in [-0.1, -0.05) is 42.1 Å². The van der Waals surface area contributed by atoms with Crippen molar-refractivity contribution < 1.29 is 22.4 Å². The molecule has 6 nitrogen and oxygen atoms in total. The number of fused-ring (bicyclic) bond motifs is 2. The molecule has 5 rings (SSSR count). The van der Waals surface area contributed by atoms with Crippen LogP contribution in [0, 0.1) is 0 Å². The van der Waals surface area contributed by atoms with Gasteiger partial charge < -0.3 is 4.42 Å². The first-order valence-corrected chi connectivity index (χ1v) is 10.8. The van der Waals surface area contributed by atoms with Crippen molar-refractivity contribution in [2.24, 2.45) is 10.1 Å². The number of carbonyl (C=O) groups excluding carboxylic acids is 1. The van der Waals surface area contributed by atoms with Crippen molar-refractivity contribution in [2.75, 3.05) is 6.26 Å². The van der Waals surface area contributed by atoms with E-state index in [0.717, 1.165) is 12.1 Å². The third-order valence-corrected chi connectivity index (χ3v) is 5.63. The van der Waals surface area contributed by atoms with Gasteiger partial charge in [-0.25, -0.2) is 10.0 Å². The molecule has 1 aromatic heterocycles. The predicted molar refractivity (Wildman–Crippen MR) is 113 cm³/mol. The average molecular weight is 456 g/mol. The molecule has 0 bridgehead atoms. The van der Waals surface area contributed by atoms with Crippen LogP contribution in [-0.4, -0.2) is 22.3 Å². The first-order valence-electron chi connectivity index (χ1n) is 9.53. The van der Waals surface area contributed by atoms with Gasteiger partial charge in [0.2, 0.25) is 6.17 Å². The summed E-state index contributed by atoms with van der Waals surface area (Å²) >= 11 is 1.27. The summed E-state index contributed by atoms with van der Waals surface area (Å²) in [6.07, 6.45) is -3.46. The topological polar surface area (TPSA) is 70.2 Å². The third kappa shape index (κ3) is 3.46. The molecule has 32 heavy (non-hydrogen) atoms. The van der Waals surface area contributed by atoms with E-state index in [1.807, 2.05) is 6.07 Å². The highest BCUT2D eigenvalue weighted by Gasteiger charge is 2.36. The quantitative estimate of drug-likeness (QED) is 0.641. The SMILES string of the molecule is CSC1=NN2C(=c3ccccc3=NC2c2ccc(-c3cccc(C(F)(F)F)c3)o2)C(=O)N1. The lowest BCUT2D eigenvalue weighted by molar-refractivity contribution is -0.137. The average Bonchev–Trinajstić information content (AvgIpc) is 3.28. The second-order valence-electron chi connectivity index (χ2n) is 7.06. The summed E-state index contributed by atoms with van der Waals surface area (Å²) in [5.74, 6) is 0.293. The standard InChI is InChI=1S/C22H15F3N4O2S/c1-32-21-27-20(30)18-14-7-2-3-8-15(14)26-19(29(18)28-21)17-10-9-16(31-17)12-5-4-6-13(11-12)22(23,24)25/h2-11,19H,1H3,(H,27,28,30). The Bertz CT molecular complexity index is 1380. The van der Waals surface area contributed by atoms with E-state index < -0.39 is 17.9 Å². The van der Waals surface area contributed by atoms with Gasteiger partial charge >= 0.3 is 6.18 Å². The highest BCUT2D eigenvalue weighted by Crippen LogP contribution is 2.36. The molecule has 162 valence electrons. The Labute approximate surface area is 184 Å². The Balaban J connectivity index is 1.61. The zero-order valence-corrected chi connectivity index (χ0v) is 17.4. The van der Waals surface area contributed by atoms with E-state index in [-0.39, 0.29) is 17.2 Å². The minimum atomic E-state index is -4.46. The monoisotopic (exact) mass is 456 g/mol. The maximum atomic E-state index is 13.1. The number of halogens is 3. The second-order valence-corrected chi connectivity index (χ2v) is 7.85. The Morgan fingerprint density at radius 3 is 2.69 bits per heavy atom. The molecule has 0 fully saturated rings. The molecule has 3 heterocycles. The summed E-state index contributed by atoms with van der Waals surface area (Å²) in [4.78, 5) is 17.5. The van der Waals surface area contributed by atoms with Gasteiger partial charge in [0.25, 0.3) is 5.91 Å². The Morgan fingerprint density at radius 2 is 1.91 bits per heavy atom. The number of furan rings is 1. The molecule has 1 atom stereocenters. The smallest absolute Gasteiger partial charge is 0.416 e. The highest BCUT2D eigenvalue weighted by atomic mass is 32.2. The maximum absolute atomic E-state index is 13.1. The number of rotatable bonds is 2. The lowest BCUT2D eigenvalue weighted by Crippen LogP contribution is -2.50. The zero-order chi connectivity index (χ0) is 22.5. The normalized spacial score (nSPS) is 17.8. The van der Waals surface area contributed by atoms with Gasteiger partial charge in [0, 0.05) is 10.8 Å². The zero-order valence-electron chi connectivity index (χ0n) is 16.6. The number of amides is 1. The van der Waals surface area contributed by atoms with Crippen molar-refractivity contribution >= 4 is 28.5 Å². The first-order chi connectivity index (χ1) is 15.3. The number of thioether (sulfide) groups is 1. The molecular weight excluding hydrogens is 441 g/mol. The van der Waals surface area contributed by atoms with Gasteiger partial charge in [0.15, 0.2) is 10.9 Å². The van der Waals surface area contributed by atoms with Crippen LogP contribution in [-0.2, 0) is 11.0 Å². The van der Waals surface area contributed by atoms with E-state index in [2.05, 4.69) is 10.4 Å². The summed E-state index contributed by atoms with van der Waals surface area (Å²) in [5, 5.41) is 10.4. The van der Waals surface area contributed by atoms with Crippen LogP contribution in [0.5, 0.6) is 0 Å². The molecule has 1 unspecified atom stereocenters. The van der Waals surface area contributed by atoms with Gasteiger partial charge in [0.1, 0.15) is 11.5 Å². The Morgan fingerprint density at radius 1 is 1.09 bits per heavy atom. The van der Waals surface area contributed by atoms with E-state index in [1.165, 1.54) is 22.8 Å². The lowest BCUT2D eigenvalue weighted by Gasteiger charge is -2.32. The number of amidine groups is 1. The molecule has 1 amide bonds. The summed E-state index contributed by atoms with van der Waals surface area (Å²) in [5.41, 5.74) is -0.145. The number of hydrogen-bond acceptors (Lipinski definition) is 6. The number of para-hydroxylation sites is 1. The number of hydrogen-bond donors (Lipinski definition) is 1. The fourth-order valence-electron chi connectivity index (χ4n) is 3.60. The number of carbonyl (C=O) groups is 1. The van der Waals surface area contributed by atoms with Crippen molar-refractivity contribution in [3.05, 3.63) is 82.6 Å². The molecule has 0 aliphatic carbocycles. The van der Waals surface area contributed by atoms with E-state index >= 15 is 0 Å². The first kappa shape index (κ1) is 20.4. The Kier molecular flexibility index (Phi) is 4.81. The number of alkyl halides is 3. The van der Waals surface area contributed by atoms with Crippen molar-refractivity contribution in [2.45, 2.75) is 12.3 Å². The molecule has 2 aliphatic rings. The molecule has 0 saturated carbocycles. The van der Waals surface area contributed by atoms with Crippen molar-refractivity contribution in [1.29, 1.82) is 0 Å². The summed E-state index contributed by atoms with van der Waals surface area (Å²) < 4.78 is 45.2. The lowest BCUT2D eigenvalue weighted by atomic mass is 10.1. The van der Waals surface area contributed by atoms with Gasteiger partial charge in [-0.15, -0.1) is 5.10 Å². The molecule has 2 aromatic carbocycles. The fourth-order valence-corrected chi connectivity index (χ4v) is 3.96. The van der Waals surface area contributed by atoms with Crippen LogP contribution in [0.2, 0.25) is 0 Å². The van der Waals surface area contributed by atoms with E-state index in [0.29, 0.717) is 27.2 Å². The molecule has 3 aromatic rings. The summed E-state index contributed by atoms with van der Waals surface area (Å²) in [6.45, 7) is 0. The van der Waals surface area contributed by atoms with Gasteiger partial charge in [-0.2, -0.15) is 13.2 Å². The third-order valence-electron chi connectivity index (χ3n) is 5.06. The van der Waals surface area contributed by atoms with Crippen LogP contribution >= 0.6 is 11.8 Å². The minimum Gasteiger partial charge on any atom is -0.457 e. The second kappa shape index (κ2) is 7.56. The van der Waals surface area contributed by atoms with Crippen LogP contribution in [0.15, 0.2) is 75.2 Å². The molecule has 0 saturated heterocycles. The summed E-state index contributed by atoms with van der Waals surface area (Å²) in [7, 11) is 0. The number of nitrogens with zero attached hydrogens (tertiary/aromatic N) is 3. The predicted octanol–water partition coefficient (Wildman–Crippen LogP) is 3.47. The largest absolute Gasteiger partial charge is 0.457 e. The number of hydrazone groups is 1. The molecule has 0 spiro atoms. The fraction of sp³-hybridized carbons (Fsp3) is 0.136. The van der Waals surface area contributed by atoms with Crippen LogP contribution in [0.25, 0.3) is 17.0 Å². The highest BCUT2D eigenvalue weighted by molar-refractivity contribution is 8.13. The summed E-state index contributed by atoms with van der Waals surface area (Å²) in [6, 6.07) is 15.3. The van der Waals surface area contributed by atoms with E-state index in [1.54, 1.807) is 42.7 Å². The number of nitrogens with one attached hydrogen (secondary N) is 1. The van der Waals surface area contributed by atoms with Gasteiger partial charge in [-0.05, 0) is 36.6 Å². The van der Waals surface area contributed by atoms with Gasteiger partial charge in [0.05, 0.1) is 10.9 Å². The minimum absolute atomic E-state index is 0.261. The van der Waals surface area contributed by atoms with Crippen LogP contribution in [0.1, 0.15) is 17.5 Å². The molecule has 0 radical (unpaired) electrons. The molecule has 2 aliphatic heterocycles. The Hall–Kier alpha value is -3.53. The molecule has 10 heteroatoms. The van der Waals surface area contributed by atoms with E-state index in [9.17, 15) is 18.0 Å². The van der Waals surface area contributed by atoms with Crippen LogP contribution < -0.4 is 15.9 Å². The van der Waals surface area contributed by atoms with Crippen molar-refractivity contribution in [1.82, 2.24) is 10.3 Å². The van der Waals surface area contributed by atoms with Crippen LogP contribution in [0.3, 0.4) is 0 Å². The van der Waals surface area contributed by atoms with Crippen molar-refractivity contribution in [3.8, 4) is 11.3 Å². The van der Waals surface area contributed by atoms with Crippen molar-refractivity contribution in [3.63, 3.8) is 0 Å². The molecular formula is C22H15F3N4O2S. The number of benzene rings is 2. The van der Waals surface area contributed by atoms with Crippen LogP contribution in [0.4, 0.5) is 13.2 Å². The van der Waals surface area contributed by atoms with Gasteiger partial charge in [-0.3, -0.25) is 10.1 Å². The molecule has 1 N–H and O–H groups in total. The van der Waals surface area contributed by atoms with E-state index in [4.69, 9.17) is 9.41 Å². The maximum Gasteiger partial charge on any atom is 0.416 e.